The average Bonchev–Trinajstić information content (AvgIpc) is 2.36. The van der Waals surface area contributed by atoms with Gasteiger partial charge in [-0.1, -0.05) is 6.92 Å². The number of carbonyl (C=O) groups is 1. The van der Waals surface area contributed by atoms with Crippen LogP contribution in [0.25, 0.3) is 0 Å². The van der Waals surface area contributed by atoms with Crippen molar-refractivity contribution in [3.63, 3.8) is 0 Å². The van der Waals surface area contributed by atoms with E-state index in [0.29, 0.717) is 12.5 Å². The van der Waals surface area contributed by atoms with Crippen molar-refractivity contribution in [2.45, 2.75) is 26.3 Å². The molecule has 0 aromatic rings. The SMILES string of the molecule is CCOC(=O)[C@H]1C[C@@H](C)CN1. The van der Waals surface area contributed by atoms with Crippen LogP contribution in [0.4, 0.5) is 0 Å². The van der Waals surface area contributed by atoms with Gasteiger partial charge < -0.3 is 10.1 Å². The average molecular weight is 157 g/mol. The van der Waals surface area contributed by atoms with Gasteiger partial charge in [0.05, 0.1) is 6.61 Å². The lowest BCUT2D eigenvalue weighted by molar-refractivity contribution is -0.145. The Morgan fingerprint density at radius 3 is 2.91 bits per heavy atom. The zero-order chi connectivity index (χ0) is 8.27. The van der Waals surface area contributed by atoms with Crippen LogP contribution in [0.1, 0.15) is 20.3 Å². The summed E-state index contributed by atoms with van der Waals surface area (Å²) in [6.45, 7) is 5.37. The van der Waals surface area contributed by atoms with Gasteiger partial charge in [-0.05, 0) is 25.8 Å². The van der Waals surface area contributed by atoms with Gasteiger partial charge in [-0.3, -0.25) is 4.79 Å². The Balaban J connectivity index is 2.31. The maximum absolute atomic E-state index is 11.1. The van der Waals surface area contributed by atoms with Crippen LogP contribution in [0.5, 0.6) is 0 Å². The highest BCUT2D eigenvalue weighted by Crippen LogP contribution is 2.13. The Kier molecular flexibility index (Phi) is 2.88. The van der Waals surface area contributed by atoms with Gasteiger partial charge in [-0.25, -0.2) is 0 Å². The summed E-state index contributed by atoms with van der Waals surface area (Å²) in [5, 5.41) is 3.12. The normalized spacial score (nSPS) is 30.4. The molecule has 0 radical (unpaired) electrons. The Bertz CT molecular complexity index is 147. The van der Waals surface area contributed by atoms with E-state index < -0.39 is 0 Å². The molecule has 0 aliphatic carbocycles. The first kappa shape index (κ1) is 8.53. The fourth-order valence-corrected chi connectivity index (χ4v) is 1.33. The third-order valence-corrected chi connectivity index (χ3v) is 1.92. The van der Waals surface area contributed by atoms with Crippen molar-refractivity contribution in [3.8, 4) is 0 Å². The Hall–Kier alpha value is -0.570. The quantitative estimate of drug-likeness (QED) is 0.595. The zero-order valence-electron chi connectivity index (χ0n) is 7.09. The molecule has 0 unspecified atom stereocenters. The van der Waals surface area contributed by atoms with Crippen molar-refractivity contribution in [1.29, 1.82) is 0 Å². The van der Waals surface area contributed by atoms with E-state index in [-0.39, 0.29) is 12.0 Å². The van der Waals surface area contributed by atoms with E-state index in [1.165, 1.54) is 0 Å². The van der Waals surface area contributed by atoms with Crippen LogP contribution in [0.2, 0.25) is 0 Å². The minimum Gasteiger partial charge on any atom is -0.465 e. The molecule has 1 aliphatic heterocycles. The molecule has 1 fully saturated rings. The fraction of sp³-hybridized carbons (Fsp3) is 0.875. The number of nitrogens with one attached hydrogen (secondary N) is 1. The number of carbonyl (C=O) groups excluding carboxylic acids is 1. The predicted octanol–water partition coefficient (Wildman–Crippen LogP) is 0.547. The van der Waals surface area contributed by atoms with Crippen molar-refractivity contribution in [3.05, 3.63) is 0 Å². The molecule has 2 atom stereocenters. The molecule has 3 heteroatoms. The first-order valence-electron chi connectivity index (χ1n) is 4.14. The van der Waals surface area contributed by atoms with E-state index in [2.05, 4.69) is 12.2 Å². The fourth-order valence-electron chi connectivity index (χ4n) is 1.33. The Morgan fingerprint density at radius 1 is 1.73 bits per heavy atom. The van der Waals surface area contributed by atoms with E-state index in [1.807, 2.05) is 6.92 Å². The van der Waals surface area contributed by atoms with E-state index >= 15 is 0 Å². The molecular formula is C8H15NO2. The molecule has 0 bridgehead atoms. The molecule has 0 aromatic heterocycles. The van der Waals surface area contributed by atoms with Crippen molar-refractivity contribution in [1.82, 2.24) is 5.32 Å². The van der Waals surface area contributed by atoms with Gasteiger partial charge >= 0.3 is 5.97 Å². The summed E-state index contributed by atoms with van der Waals surface area (Å²) in [6.07, 6.45) is 0.916. The smallest absolute Gasteiger partial charge is 0.323 e. The maximum atomic E-state index is 11.1. The monoisotopic (exact) mass is 157 g/mol. The number of esters is 1. The maximum Gasteiger partial charge on any atom is 0.323 e. The van der Waals surface area contributed by atoms with Crippen molar-refractivity contribution in [2.75, 3.05) is 13.2 Å². The minimum atomic E-state index is -0.100. The number of hydrogen-bond donors (Lipinski definition) is 1. The van der Waals surface area contributed by atoms with Crippen LogP contribution in [-0.2, 0) is 9.53 Å². The molecule has 1 heterocycles. The topological polar surface area (TPSA) is 38.3 Å². The largest absolute Gasteiger partial charge is 0.465 e. The number of ether oxygens (including phenoxy) is 1. The molecule has 0 aromatic carbocycles. The molecule has 1 saturated heterocycles. The van der Waals surface area contributed by atoms with Crippen molar-refractivity contribution in [2.24, 2.45) is 5.92 Å². The molecule has 0 amide bonds. The highest BCUT2D eigenvalue weighted by Gasteiger charge is 2.27. The second kappa shape index (κ2) is 3.72. The molecule has 0 spiro atoms. The third kappa shape index (κ3) is 2.19. The highest BCUT2D eigenvalue weighted by molar-refractivity contribution is 5.76. The van der Waals surface area contributed by atoms with Crippen LogP contribution in [-0.4, -0.2) is 25.2 Å². The van der Waals surface area contributed by atoms with Gasteiger partial charge in [0.2, 0.25) is 0 Å². The standard InChI is InChI=1S/C8H15NO2/c1-3-11-8(10)7-4-6(2)5-9-7/h6-7,9H,3-5H2,1-2H3/t6-,7-/m1/s1. The predicted molar refractivity (Wildman–Crippen MR) is 42.2 cm³/mol. The van der Waals surface area contributed by atoms with E-state index in [0.717, 1.165) is 13.0 Å². The third-order valence-electron chi connectivity index (χ3n) is 1.92. The summed E-state index contributed by atoms with van der Waals surface area (Å²) in [5.41, 5.74) is 0. The van der Waals surface area contributed by atoms with Gasteiger partial charge in [-0.15, -0.1) is 0 Å². The molecule has 1 aliphatic rings. The van der Waals surface area contributed by atoms with Gasteiger partial charge in [0.15, 0.2) is 0 Å². The minimum absolute atomic E-state index is 0.0510. The first-order chi connectivity index (χ1) is 5.24. The lowest BCUT2D eigenvalue weighted by Crippen LogP contribution is -2.32. The summed E-state index contributed by atoms with van der Waals surface area (Å²) in [7, 11) is 0. The molecule has 0 saturated carbocycles. The molecular weight excluding hydrogens is 142 g/mol. The van der Waals surface area contributed by atoms with Gasteiger partial charge in [0.25, 0.3) is 0 Å². The Morgan fingerprint density at radius 2 is 2.45 bits per heavy atom. The van der Waals surface area contributed by atoms with Crippen LogP contribution in [0.15, 0.2) is 0 Å². The van der Waals surface area contributed by atoms with E-state index in [4.69, 9.17) is 4.74 Å². The first-order valence-corrected chi connectivity index (χ1v) is 4.14. The van der Waals surface area contributed by atoms with Crippen molar-refractivity contribution >= 4 is 5.97 Å². The van der Waals surface area contributed by atoms with E-state index in [9.17, 15) is 4.79 Å². The van der Waals surface area contributed by atoms with Crippen LogP contribution >= 0.6 is 0 Å². The summed E-state index contributed by atoms with van der Waals surface area (Å²) < 4.78 is 4.87. The highest BCUT2D eigenvalue weighted by atomic mass is 16.5. The Labute approximate surface area is 67.1 Å². The summed E-state index contributed by atoms with van der Waals surface area (Å²) in [5.74, 6) is 0.501. The summed E-state index contributed by atoms with van der Waals surface area (Å²) in [6, 6.07) is -0.0510. The van der Waals surface area contributed by atoms with Crippen molar-refractivity contribution < 1.29 is 9.53 Å². The van der Waals surface area contributed by atoms with Gasteiger partial charge in [0.1, 0.15) is 6.04 Å². The van der Waals surface area contributed by atoms with Crippen LogP contribution in [0, 0.1) is 5.92 Å². The van der Waals surface area contributed by atoms with Crippen LogP contribution in [0.3, 0.4) is 0 Å². The zero-order valence-corrected chi connectivity index (χ0v) is 7.09. The van der Waals surface area contributed by atoms with Gasteiger partial charge in [-0.2, -0.15) is 0 Å². The number of hydrogen-bond acceptors (Lipinski definition) is 3. The van der Waals surface area contributed by atoms with Gasteiger partial charge in [0, 0.05) is 0 Å². The molecule has 1 N–H and O–H groups in total. The lowest BCUT2D eigenvalue weighted by Gasteiger charge is -2.07. The van der Waals surface area contributed by atoms with Crippen LogP contribution < -0.4 is 5.32 Å². The summed E-state index contributed by atoms with van der Waals surface area (Å²) >= 11 is 0. The molecule has 64 valence electrons. The number of rotatable bonds is 2. The second-order valence-corrected chi connectivity index (χ2v) is 3.05. The van der Waals surface area contributed by atoms with E-state index in [1.54, 1.807) is 0 Å². The molecule has 1 rings (SSSR count). The second-order valence-electron chi connectivity index (χ2n) is 3.05. The summed E-state index contributed by atoms with van der Waals surface area (Å²) in [4.78, 5) is 11.1. The molecule has 3 nitrogen and oxygen atoms in total. The lowest BCUT2D eigenvalue weighted by atomic mass is 10.1. The molecule has 11 heavy (non-hydrogen) atoms.